The molecule has 1 aliphatic rings. The van der Waals surface area contributed by atoms with Crippen LogP contribution in [-0.2, 0) is 20.7 Å². The summed E-state index contributed by atoms with van der Waals surface area (Å²) in [5.74, 6) is 6.13. The zero-order chi connectivity index (χ0) is 21.6. The van der Waals surface area contributed by atoms with Crippen LogP contribution in [0.25, 0.3) is 0 Å². The zero-order valence-electron chi connectivity index (χ0n) is 17.9. The van der Waals surface area contributed by atoms with Crippen molar-refractivity contribution >= 4 is 11.9 Å². The molecule has 5 heteroatoms. The molecule has 1 heterocycles. The van der Waals surface area contributed by atoms with Gasteiger partial charge in [-0.25, -0.2) is 0 Å². The first-order valence-electron chi connectivity index (χ1n) is 10.8. The van der Waals surface area contributed by atoms with Crippen molar-refractivity contribution in [1.82, 2.24) is 4.90 Å². The molecule has 0 radical (unpaired) electrons. The molecule has 1 saturated heterocycles. The van der Waals surface area contributed by atoms with E-state index < -0.39 is 6.10 Å². The van der Waals surface area contributed by atoms with Crippen LogP contribution >= 0.6 is 0 Å². The van der Waals surface area contributed by atoms with Gasteiger partial charge in [0.25, 0.3) is 0 Å². The first-order valence-corrected chi connectivity index (χ1v) is 10.8. The molecule has 1 N–H and O–H groups in total. The summed E-state index contributed by atoms with van der Waals surface area (Å²) in [7, 11) is 1.41. The fraction of sp³-hybridized carbons (Fsp3) is 0.520. The summed E-state index contributed by atoms with van der Waals surface area (Å²) < 4.78 is 4.64. The number of likely N-dealkylation sites (tertiary alicyclic amines) is 1. The number of methoxy groups -OCH3 is 1. The Labute approximate surface area is 180 Å². The smallest absolute Gasteiger partial charge is 0.305 e. The largest absolute Gasteiger partial charge is 0.469 e. The molecule has 1 aromatic carbocycles. The molecular formula is C25H33NO4. The van der Waals surface area contributed by atoms with Gasteiger partial charge in [-0.3, -0.25) is 9.59 Å². The molecule has 162 valence electrons. The lowest BCUT2D eigenvalue weighted by molar-refractivity contribution is -0.140. The number of benzene rings is 1. The van der Waals surface area contributed by atoms with Gasteiger partial charge < -0.3 is 14.7 Å². The van der Waals surface area contributed by atoms with E-state index in [2.05, 4.69) is 16.6 Å². The molecule has 0 saturated carbocycles. The molecule has 0 spiro atoms. The number of carbonyl (C=O) groups excluding carboxylic acids is 2. The summed E-state index contributed by atoms with van der Waals surface area (Å²) in [4.78, 5) is 25.2. The highest BCUT2D eigenvalue weighted by molar-refractivity contribution is 5.79. The van der Waals surface area contributed by atoms with E-state index >= 15 is 0 Å². The van der Waals surface area contributed by atoms with Crippen molar-refractivity contribution in [3.63, 3.8) is 0 Å². The first-order chi connectivity index (χ1) is 14.6. The Morgan fingerprint density at radius 3 is 2.77 bits per heavy atom. The fourth-order valence-electron chi connectivity index (χ4n) is 3.52. The lowest BCUT2D eigenvalue weighted by Crippen LogP contribution is -2.32. The molecule has 2 atom stereocenters. The molecule has 30 heavy (non-hydrogen) atoms. The number of rotatable bonds is 11. The molecule has 1 amide bonds. The summed E-state index contributed by atoms with van der Waals surface area (Å²) in [6.07, 6.45) is 9.66. The van der Waals surface area contributed by atoms with Crippen LogP contribution in [0, 0.1) is 11.8 Å². The Morgan fingerprint density at radius 1 is 1.23 bits per heavy atom. The van der Waals surface area contributed by atoms with Gasteiger partial charge in [0.1, 0.15) is 0 Å². The van der Waals surface area contributed by atoms with Crippen LogP contribution in [-0.4, -0.2) is 47.7 Å². The number of amides is 1. The average molecular weight is 412 g/mol. The van der Waals surface area contributed by atoms with E-state index in [1.165, 1.54) is 12.7 Å². The van der Waals surface area contributed by atoms with Gasteiger partial charge in [0.2, 0.25) is 5.91 Å². The number of aliphatic hydroxyl groups excluding tert-OH is 1. The van der Waals surface area contributed by atoms with Crippen LogP contribution in [0.5, 0.6) is 0 Å². The first kappa shape index (κ1) is 23.7. The van der Waals surface area contributed by atoms with Crippen molar-refractivity contribution in [2.24, 2.45) is 0 Å². The van der Waals surface area contributed by atoms with Gasteiger partial charge in [-0.2, -0.15) is 0 Å². The normalized spacial score (nSPS) is 17.1. The van der Waals surface area contributed by atoms with E-state index in [1.54, 1.807) is 6.08 Å². The average Bonchev–Trinajstić information content (AvgIpc) is 3.12. The Morgan fingerprint density at radius 2 is 2.00 bits per heavy atom. The van der Waals surface area contributed by atoms with Gasteiger partial charge in [-0.1, -0.05) is 67.2 Å². The lowest BCUT2D eigenvalue weighted by Gasteiger charge is -2.22. The van der Waals surface area contributed by atoms with Gasteiger partial charge >= 0.3 is 5.97 Å². The number of carbonyl (C=O) groups is 2. The van der Waals surface area contributed by atoms with Crippen molar-refractivity contribution in [1.29, 1.82) is 0 Å². The molecule has 1 aromatic rings. The number of esters is 1. The highest BCUT2D eigenvalue weighted by Crippen LogP contribution is 2.21. The molecule has 0 aliphatic carbocycles. The van der Waals surface area contributed by atoms with E-state index in [-0.39, 0.29) is 17.9 Å². The second kappa shape index (κ2) is 13.6. The Balaban J connectivity index is 1.68. The Kier molecular flexibility index (Phi) is 10.7. The van der Waals surface area contributed by atoms with Crippen LogP contribution in [0.3, 0.4) is 0 Å². The van der Waals surface area contributed by atoms with E-state index in [9.17, 15) is 14.7 Å². The second-order valence-corrected chi connectivity index (χ2v) is 7.61. The van der Waals surface area contributed by atoms with E-state index in [1.807, 2.05) is 41.3 Å². The van der Waals surface area contributed by atoms with Crippen molar-refractivity contribution in [2.75, 3.05) is 13.7 Å². The van der Waals surface area contributed by atoms with Gasteiger partial charge in [0.15, 0.2) is 0 Å². The maximum absolute atomic E-state index is 12.2. The van der Waals surface area contributed by atoms with Gasteiger partial charge in [0.05, 0.1) is 19.3 Å². The summed E-state index contributed by atoms with van der Waals surface area (Å²) in [6.45, 7) is 0.721. The number of hydrogen-bond donors (Lipinski definition) is 1. The minimum Gasteiger partial charge on any atom is -0.469 e. The third-order valence-electron chi connectivity index (χ3n) is 5.26. The number of ether oxygens (including phenoxy) is 1. The number of aliphatic hydroxyl groups is 1. The summed E-state index contributed by atoms with van der Waals surface area (Å²) in [6, 6.07) is 10.1. The Bertz CT molecular complexity index is 747. The lowest BCUT2D eigenvalue weighted by atomic mass is 10.1. The van der Waals surface area contributed by atoms with E-state index in [4.69, 9.17) is 0 Å². The van der Waals surface area contributed by atoms with Crippen LogP contribution in [0.15, 0.2) is 42.5 Å². The monoisotopic (exact) mass is 411 g/mol. The molecule has 2 rings (SSSR count). The maximum Gasteiger partial charge on any atom is 0.305 e. The van der Waals surface area contributed by atoms with E-state index in [0.29, 0.717) is 25.7 Å². The van der Waals surface area contributed by atoms with Gasteiger partial charge in [0, 0.05) is 32.2 Å². The molecular weight excluding hydrogens is 378 g/mol. The summed E-state index contributed by atoms with van der Waals surface area (Å²) in [5.41, 5.74) is 1.17. The molecule has 0 aromatic heterocycles. The predicted octanol–water partition coefficient (Wildman–Crippen LogP) is 3.65. The standard InChI is InChI=1S/C25H33NO4/c1-30-25(29)15-7-2-3-10-20-26-22(17-19-24(26)28)16-18-23(27)14-9-8-13-21-11-5-4-6-12-21/h4-6,11-12,16,18,22-23,27H,2-3,7,10,13-15,17,19-20H2,1H3/b18-16+/t22-,23-/m0/s1. The van der Waals surface area contributed by atoms with Crippen molar-refractivity contribution in [3.8, 4) is 11.8 Å². The Hall–Kier alpha value is -2.58. The van der Waals surface area contributed by atoms with Gasteiger partial charge in [-0.05, 0) is 24.8 Å². The SMILES string of the molecule is COC(=O)CCCCCCN1C(=O)CC[C@@H]1/C=C/[C@@H](O)CC#CCc1ccccc1. The topological polar surface area (TPSA) is 66.8 Å². The maximum atomic E-state index is 12.2. The number of unbranched alkanes of at least 4 members (excludes halogenated alkanes) is 3. The third-order valence-corrected chi connectivity index (χ3v) is 5.26. The zero-order valence-corrected chi connectivity index (χ0v) is 17.9. The quantitative estimate of drug-likeness (QED) is 0.261. The van der Waals surface area contributed by atoms with Gasteiger partial charge in [-0.15, -0.1) is 0 Å². The summed E-state index contributed by atoms with van der Waals surface area (Å²) >= 11 is 0. The number of nitrogens with zero attached hydrogens (tertiary/aromatic N) is 1. The number of hydrogen-bond acceptors (Lipinski definition) is 4. The second-order valence-electron chi connectivity index (χ2n) is 7.61. The predicted molar refractivity (Wildman–Crippen MR) is 118 cm³/mol. The van der Waals surface area contributed by atoms with E-state index in [0.717, 1.165) is 38.6 Å². The van der Waals surface area contributed by atoms with Crippen LogP contribution < -0.4 is 0 Å². The van der Waals surface area contributed by atoms with Crippen molar-refractivity contribution in [3.05, 3.63) is 48.0 Å². The molecule has 0 bridgehead atoms. The van der Waals surface area contributed by atoms with Crippen molar-refractivity contribution < 1.29 is 19.4 Å². The minimum atomic E-state index is -0.621. The fourth-order valence-corrected chi connectivity index (χ4v) is 3.52. The highest BCUT2D eigenvalue weighted by atomic mass is 16.5. The molecule has 0 unspecified atom stereocenters. The van der Waals surface area contributed by atoms with Crippen molar-refractivity contribution in [2.45, 2.75) is 69.9 Å². The van der Waals surface area contributed by atoms with Crippen LogP contribution in [0.4, 0.5) is 0 Å². The molecule has 5 nitrogen and oxygen atoms in total. The highest BCUT2D eigenvalue weighted by Gasteiger charge is 2.28. The van der Waals surface area contributed by atoms with Crippen LogP contribution in [0.1, 0.15) is 56.9 Å². The molecule has 1 aliphatic heterocycles. The molecule has 1 fully saturated rings. The summed E-state index contributed by atoms with van der Waals surface area (Å²) in [5, 5.41) is 10.2. The minimum absolute atomic E-state index is 0.0551. The van der Waals surface area contributed by atoms with Crippen LogP contribution in [0.2, 0.25) is 0 Å². The third kappa shape index (κ3) is 8.84.